The van der Waals surface area contributed by atoms with Gasteiger partial charge in [0.2, 0.25) is 5.13 Å². The summed E-state index contributed by atoms with van der Waals surface area (Å²) in [4.78, 5) is 12.4. The Hall–Kier alpha value is -3.17. The van der Waals surface area contributed by atoms with Crippen LogP contribution in [0.2, 0.25) is 0 Å². The van der Waals surface area contributed by atoms with Gasteiger partial charge in [0.1, 0.15) is 10.8 Å². The first-order chi connectivity index (χ1) is 14.4. The molecular formula is C21H16FN3O3S2. The third kappa shape index (κ3) is 4.52. The van der Waals surface area contributed by atoms with Gasteiger partial charge >= 0.3 is 0 Å². The van der Waals surface area contributed by atoms with Gasteiger partial charge in [-0.2, -0.15) is 0 Å². The number of nitrogens with zero attached hydrogens (tertiary/aromatic N) is 2. The van der Waals surface area contributed by atoms with Gasteiger partial charge in [-0.05, 0) is 47.2 Å². The number of benzene rings is 3. The third-order valence-electron chi connectivity index (χ3n) is 4.46. The van der Waals surface area contributed by atoms with Gasteiger partial charge < -0.3 is 0 Å². The van der Waals surface area contributed by atoms with Crippen LogP contribution in [0, 0.1) is 5.82 Å². The molecule has 0 saturated heterocycles. The summed E-state index contributed by atoms with van der Waals surface area (Å²) in [6, 6.07) is 17.7. The molecule has 0 aliphatic heterocycles. The van der Waals surface area contributed by atoms with Gasteiger partial charge in [-0.1, -0.05) is 41.7 Å². The number of rotatable bonds is 6. The van der Waals surface area contributed by atoms with Gasteiger partial charge in [0.15, 0.2) is 9.84 Å². The number of anilines is 1. The van der Waals surface area contributed by atoms with Crippen LogP contribution >= 0.6 is 11.3 Å². The molecule has 0 aliphatic rings. The molecule has 0 aliphatic carbocycles. The quantitative estimate of drug-likeness (QED) is 0.487. The molecule has 3 aromatic carbocycles. The average molecular weight is 442 g/mol. The van der Waals surface area contributed by atoms with E-state index in [9.17, 15) is 17.6 Å². The molecule has 1 N–H and O–H groups in total. The van der Waals surface area contributed by atoms with E-state index in [0.29, 0.717) is 5.01 Å². The van der Waals surface area contributed by atoms with Crippen LogP contribution in [0.5, 0.6) is 0 Å². The predicted octanol–water partition coefficient (Wildman–Crippen LogP) is 4.10. The number of amides is 1. The Labute approximate surface area is 176 Å². The smallest absolute Gasteiger partial charge is 0.257 e. The molecule has 0 saturated carbocycles. The number of hydrogen-bond acceptors (Lipinski definition) is 6. The zero-order valence-electron chi connectivity index (χ0n) is 15.6. The summed E-state index contributed by atoms with van der Waals surface area (Å²) in [7, 11) is -3.49. The number of fused-ring (bicyclic) bond motifs is 1. The maximum absolute atomic E-state index is 13.0. The molecule has 0 atom stereocenters. The molecule has 4 rings (SSSR count). The van der Waals surface area contributed by atoms with Crippen LogP contribution in [0.25, 0.3) is 10.8 Å². The summed E-state index contributed by atoms with van der Waals surface area (Å²) in [5, 5.41) is 13.0. The summed E-state index contributed by atoms with van der Waals surface area (Å²) >= 11 is 1.10. The topological polar surface area (TPSA) is 89.0 Å². The minimum Gasteiger partial charge on any atom is -0.296 e. The first kappa shape index (κ1) is 20.1. The van der Waals surface area contributed by atoms with Crippen molar-refractivity contribution in [3.8, 4) is 0 Å². The second-order valence-corrected chi connectivity index (χ2v) is 9.71. The lowest BCUT2D eigenvalue weighted by molar-refractivity contribution is 0.102. The molecule has 30 heavy (non-hydrogen) atoms. The Balaban J connectivity index is 1.41. The van der Waals surface area contributed by atoms with Crippen LogP contribution in [0.1, 0.15) is 15.4 Å². The van der Waals surface area contributed by atoms with Crippen molar-refractivity contribution in [2.24, 2.45) is 0 Å². The van der Waals surface area contributed by atoms with Crippen molar-refractivity contribution in [3.63, 3.8) is 0 Å². The van der Waals surface area contributed by atoms with Crippen LogP contribution < -0.4 is 5.32 Å². The average Bonchev–Trinajstić information content (AvgIpc) is 3.20. The number of nitrogens with one attached hydrogen (secondary N) is 1. The van der Waals surface area contributed by atoms with Crippen LogP contribution in [-0.2, 0) is 16.3 Å². The maximum atomic E-state index is 13.0. The van der Waals surface area contributed by atoms with Crippen molar-refractivity contribution in [1.29, 1.82) is 0 Å². The molecule has 1 heterocycles. The third-order valence-corrected chi connectivity index (χ3v) is 7.07. The molecule has 9 heteroatoms. The van der Waals surface area contributed by atoms with Crippen molar-refractivity contribution < 1.29 is 17.6 Å². The van der Waals surface area contributed by atoms with Gasteiger partial charge in [-0.3, -0.25) is 10.1 Å². The highest BCUT2D eigenvalue weighted by Gasteiger charge is 2.17. The van der Waals surface area contributed by atoms with Crippen molar-refractivity contribution in [1.82, 2.24) is 10.2 Å². The van der Waals surface area contributed by atoms with E-state index < -0.39 is 21.6 Å². The Bertz CT molecular complexity index is 1320. The first-order valence-electron chi connectivity index (χ1n) is 9.02. The van der Waals surface area contributed by atoms with E-state index in [-0.39, 0.29) is 27.8 Å². The van der Waals surface area contributed by atoms with E-state index in [0.717, 1.165) is 22.1 Å². The number of aryl methyl sites for hydroxylation is 1. The summed E-state index contributed by atoms with van der Waals surface area (Å²) < 4.78 is 38.4. The maximum Gasteiger partial charge on any atom is 0.257 e. The van der Waals surface area contributed by atoms with Crippen molar-refractivity contribution >= 4 is 43.0 Å². The van der Waals surface area contributed by atoms with E-state index in [1.807, 2.05) is 24.3 Å². The summed E-state index contributed by atoms with van der Waals surface area (Å²) in [6.07, 6.45) is 0.180. The molecule has 152 valence electrons. The fourth-order valence-electron chi connectivity index (χ4n) is 2.88. The van der Waals surface area contributed by atoms with Crippen LogP contribution in [0.3, 0.4) is 0 Å². The van der Waals surface area contributed by atoms with E-state index in [4.69, 9.17) is 0 Å². The lowest BCUT2D eigenvalue weighted by Gasteiger charge is -2.05. The molecule has 0 unspecified atom stereocenters. The monoisotopic (exact) mass is 441 g/mol. The van der Waals surface area contributed by atoms with Crippen molar-refractivity contribution in [3.05, 3.63) is 83.1 Å². The molecule has 6 nitrogen and oxygen atoms in total. The van der Waals surface area contributed by atoms with Crippen LogP contribution in [0.4, 0.5) is 9.52 Å². The van der Waals surface area contributed by atoms with Crippen molar-refractivity contribution in [2.45, 2.75) is 11.3 Å². The van der Waals surface area contributed by atoms with Gasteiger partial charge in [0, 0.05) is 12.0 Å². The SMILES string of the molecule is O=C(Nc1nnc(CCS(=O)(=O)c2ccc3ccccc3c2)s1)c1ccc(F)cc1. The number of aromatic nitrogens is 2. The molecule has 0 bridgehead atoms. The lowest BCUT2D eigenvalue weighted by atomic mass is 10.1. The Morgan fingerprint density at radius 1 is 0.967 bits per heavy atom. The standard InChI is InChI=1S/C21H16FN3O3S2/c22-17-8-5-15(6-9-17)20(26)23-21-25-24-19(29-21)11-12-30(27,28)18-10-7-14-3-1-2-4-16(14)13-18/h1-10,13H,11-12H2,(H,23,25,26). The van der Waals surface area contributed by atoms with Crippen LogP contribution in [0.15, 0.2) is 71.6 Å². The molecule has 0 fully saturated rings. The number of carbonyl (C=O) groups is 1. The number of halogens is 1. The lowest BCUT2D eigenvalue weighted by Crippen LogP contribution is -2.11. The zero-order chi connectivity index (χ0) is 21.1. The Morgan fingerprint density at radius 2 is 1.70 bits per heavy atom. The van der Waals surface area contributed by atoms with E-state index in [1.54, 1.807) is 18.2 Å². The van der Waals surface area contributed by atoms with Gasteiger partial charge in [-0.15, -0.1) is 10.2 Å². The highest BCUT2D eigenvalue weighted by molar-refractivity contribution is 7.91. The molecule has 4 aromatic rings. The molecule has 0 spiro atoms. The van der Waals surface area contributed by atoms with Crippen molar-refractivity contribution in [2.75, 3.05) is 11.1 Å². The highest BCUT2D eigenvalue weighted by atomic mass is 32.2. The van der Waals surface area contributed by atoms with Gasteiger partial charge in [-0.25, -0.2) is 12.8 Å². The number of carbonyl (C=O) groups excluding carboxylic acids is 1. The van der Waals surface area contributed by atoms with Gasteiger partial charge in [0.05, 0.1) is 10.6 Å². The summed E-state index contributed by atoms with van der Waals surface area (Å²) in [5.74, 6) is -0.995. The van der Waals surface area contributed by atoms with E-state index in [1.165, 1.54) is 24.3 Å². The molecule has 0 radical (unpaired) electrons. The summed E-state index contributed by atoms with van der Waals surface area (Å²) in [6.45, 7) is 0. The molecule has 1 aromatic heterocycles. The van der Waals surface area contributed by atoms with Gasteiger partial charge in [0.25, 0.3) is 5.91 Å². The normalized spacial score (nSPS) is 11.5. The minimum atomic E-state index is -3.49. The fourth-order valence-corrected chi connectivity index (χ4v) is 5.02. The Morgan fingerprint density at radius 3 is 2.47 bits per heavy atom. The predicted molar refractivity (Wildman–Crippen MR) is 114 cm³/mol. The minimum absolute atomic E-state index is 0.119. The number of sulfone groups is 1. The zero-order valence-corrected chi connectivity index (χ0v) is 17.2. The van der Waals surface area contributed by atoms with E-state index >= 15 is 0 Å². The Kier molecular flexibility index (Phi) is 5.56. The van der Waals surface area contributed by atoms with E-state index in [2.05, 4.69) is 15.5 Å². The largest absolute Gasteiger partial charge is 0.296 e. The van der Waals surface area contributed by atoms with Crippen LogP contribution in [-0.4, -0.2) is 30.3 Å². The molecule has 1 amide bonds. The number of hydrogen-bond donors (Lipinski definition) is 1. The highest BCUT2D eigenvalue weighted by Crippen LogP contribution is 2.22. The molecular weight excluding hydrogens is 425 g/mol. The first-order valence-corrected chi connectivity index (χ1v) is 11.5. The fraction of sp³-hybridized carbons (Fsp3) is 0.0952. The summed E-state index contributed by atoms with van der Waals surface area (Å²) in [5.41, 5.74) is 0.284. The second-order valence-electron chi connectivity index (χ2n) is 6.54. The second kappa shape index (κ2) is 8.29.